The first kappa shape index (κ1) is 50.6. The normalized spacial score (nSPS) is 13.2. The van der Waals surface area contributed by atoms with Crippen molar-refractivity contribution in [3.63, 3.8) is 0 Å². The topological polar surface area (TPSA) is 313 Å². The highest BCUT2D eigenvalue weighted by Crippen LogP contribution is 2.24. The molecule has 0 saturated heterocycles. The van der Waals surface area contributed by atoms with Gasteiger partial charge in [-0.05, 0) is 113 Å². The van der Waals surface area contributed by atoms with Crippen LogP contribution in [0.15, 0.2) is 136 Å². The molecule has 0 unspecified atom stereocenters. The summed E-state index contributed by atoms with van der Waals surface area (Å²) in [7, 11) is -3.57. The number of sulfone groups is 1. The van der Waals surface area contributed by atoms with E-state index in [4.69, 9.17) is 35.5 Å². The molecule has 7 N–H and O–H groups in total. The van der Waals surface area contributed by atoms with Gasteiger partial charge in [0.15, 0.2) is 11.5 Å². The average Bonchev–Trinajstić information content (AvgIpc) is 4.29. The lowest BCUT2D eigenvalue weighted by molar-refractivity contribution is 0.211. The number of pyridine rings is 2. The Labute approximate surface area is 435 Å². The number of benzene rings is 2. The van der Waals surface area contributed by atoms with Gasteiger partial charge in [-0.25, -0.2) is 8.42 Å². The summed E-state index contributed by atoms with van der Waals surface area (Å²) < 4.78 is 47.6. The maximum absolute atomic E-state index is 11.4. The van der Waals surface area contributed by atoms with Crippen LogP contribution in [0.5, 0.6) is 11.5 Å². The number of furan rings is 2. The van der Waals surface area contributed by atoms with Crippen molar-refractivity contribution in [1.29, 1.82) is 0 Å². The van der Waals surface area contributed by atoms with Crippen LogP contribution in [0.1, 0.15) is 33.4 Å². The van der Waals surface area contributed by atoms with Crippen LogP contribution in [0, 0.1) is 0 Å². The van der Waals surface area contributed by atoms with Gasteiger partial charge < -0.3 is 40.8 Å². The molecule has 25 heteroatoms. The van der Waals surface area contributed by atoms with Crippen LogP contribution < -0.4 is 32.0 Å². The molecular weight excluding hydrogens is 993 g/mol. The second-order valence-electron chi connectivity index (χ2n) is 17.7. The quantitative estimate of drug-likeness (QED) is 0.0972. The third kappa shape index (κ3) is 12.5. The van der Waals surface area contributed by atoms with E-state index in [0.717, 1.165) is 74.4 Å². The Kier molecular flexibility index (Phi) is 15.4. The first-order valence-electron chi connectivity index (χ1n) is 24.3. The predicted octanol–water partition coefficient (Wildman–Crippen LogP) is 4.55. The van der Waals surface area contributed by atoms with Gasteiger partial charge in [-0.2, -0.15) is 38.9 Å². The van der Waals surface area contributed by atoms with Gasteiger partial charge in [0.25, 0.3) is 16.7 Å². The van der Waals surface area contributed by atoms with Crippen molar-refractivity contribution in [3.05, 3.63) is 156 Å². The minimum Gasteiger partial charge on any atom is -0.492 e. The zero-order chi connectivity index (χ0) is 52.4. The highest BCUT2D eigenvalue weighted by molar-refractivity contribution is 7.90. The number of ether oxygens (including phenoxy) is 2. The third-order valence-electron chi connectivity index (χ3n) is 12.2. The number of hydrogen-bond acceptors (Lipinski definition) is 22. The molecule has 8 aromatic heterocycles. The number of fused-ring (bicyclic) bond motifs is 4. The molecule has 390 valence electrons. The highest BCUT2D eigenvalue weighted by atomic mass is 32.2. The van der Waals surface area contributed by atoms with E-state index in [0.29, 0.717) is 55.4 Å². The first-order valence-corrected chi connectivity index (χ1v) is 26.1. The molecule has 0 bridgehead atoms. The van der Waals surface area contributed by atoms with Crippen molar-refractivity contribution in [1.82, 2.24) is 68.9 Å². The number of hydrogen-bond donors (Lipinski definition) is 4. The summed E-state index contributed by atoms with van der Waals surface area (Å²) >= 11 is 0. The summed E-state index contributed by atoms with van der Waals surface area (Å²) in [6.07, 6.45) is 13.4. The number of nitrogen functional groups attached to an aromatic ring is 2. The van der Waals surface area contributed by atoms with E-state index in [-0.39, 0.29) is 23.5 Å². The molecule has 0 atom stereocenters. The number of anilines is 3. The second-order valence-corrected chi connectivity index (χ2v) is 19.6. The minimum absolute atomic E-state index is 0.0410. The van der Waals surface area contributed by atoms with Crippen molar-refractivity contribution in [3.8, 4) is 34.7 Å². The van der Waals surface area contributed by atoms with Gasteiger partial charge in [-0.1, -0.05) is 24.3 Å². The number of aromatic nitrogens is 12. The lowest BCUT2D eigenvalue weighted by atomic mass is 10.1. The standard InChI is InChI=1S/C25H25N9O2.C17H21N3O.C9H8N6O3S/c26-23-30-24(31-25-29-22(32-34(23)25)21-2-1-12-36-21)28-10-7-17-3-5-20(6-4-17)35-13-11-33-15-18-8-9-27-14-19(18)16-33;18-7-5-14-1-3-17(4-2-14)21-10-9-20-12-15-6-8-19-11-16(15)13-20;1-19(16,17)9-12-7(10)15-8(13-9)11-6(14-15)5-3-2-4-18-5/h1-6,8-9,12,14H,7,10-11,13,15-16H2,(H3,26,28,29,30,31,32);1-4,6,8,11H,5,7,9-10,12-13,18H2;2-4H,1H3,(H2,10,11,12,13,14). The number of rotatable bonds is 17. The van der Waals surface area contributed by atoms with E-state index in [1.165, 1.54) is 44.2 Å². The summed E-state index contributed by atoms with van der Waals surface area (Å²) in [6.45, 7) is 8.34. The first-order chi connectivity index (χ1) is 37.0. The predicted molar refractivity (Wildman–Crippen MR) is 280 cm³/mol. The summed E-state index contributed by atoms with van der Waals surface area (Å²) in [5, 5.41) is 11.2. The lowest BCUT2D eigenvalue weighted by Gasteiger charge is -2.15. The lowest BCUT2D eigenvalue weighted by Crippen LogP contribution is -2.22. The van der Waals surface area contributed by atoms with Gasteiger partial charge in [-0.3, -0.25) is 19.8 Å². The number of nitrogens with zero attached hydrogens (tertiary/aromatic N) is 14. The molecular formula is C51H54N18O6S. The van der Waals surface area contributed by atoms with Gasteiger partial charge in [0.1, 0.15) is 24.7 Å². The van der Waals surface area contributed by atoms with Gasteiger partial charge in [0.05, 0.1) is 12.5 Å². The molecule has 0 radical (unpaired) electrons. The zero-order valence-corrected chi connectivity index (χ0v) is 42.2. The Morgan fingerprint density at radius 2 is 1.11 bits per heavy atom. The van der Waals surface area contributed by atoms with E-state index < -0.39 is 15.0 Å². The van der Waals surface area contributed by atoms with Crippen LogP contribution in [-0.2, 0) is 48.9 Å². The second kappa shape index (κ2) is 23.1. The molecule has 12 rings (SSSR count). The zero-order valence-electron chi connectivity index (χ0n) is 41.4. The Morgan fingerprint density at radius 1 is 0.605 bits per heavy atom. The van der Waals surface area contributed by atoms with E-state index in [9.17, 15) is 8.42 Å². The van der Waals surface area contributed by atoms with Crippen LogP contribution in [0.25, 0.3) is 34.7 Å². The van der Waals surface area contributed by atoms with Crippen LogP contribution in [-0.4, -0.2) is 123 Å². The van der Waals surface area contributed by atoms with Gasteiger partial charge in [-0.15, -0.1) is 10.2 Å². The van der Waals surface area contributed by atoms with Crippen LogP contribution in [0.2, 0.25) is 0 Å². The maximum atomic E-state index is 11.4. The van der Waals surface area contributed by atoms with Crippen LogP contribution in [0.3, 0.4) is 0 Å². The highest BCUT2D eigenvalue weighted by Gasteiger charge is 2.21. The van der Waals surface area contributed by atoms with Crippen molar-refractivity contribution in [2.45, 2.75) is 44.2 Å². The van der Waals surface area contributed by atoms with E-state index in [1.54, 1.807) is 30.5 Å². The van der Waals surface area contributed by atoms with Crippen molar-refractivity contribution in [2.75, 3.05) is 62.4 Å². The van der Waals surface area contributed by atoms with Crippen molar-refractivity contribution >= 4 is 39.2 Å². The molecule has 0 aliphatic carbocycles. The molecule has 0 fully saturated rings. The average molecular weight is 1050 g/mol. The molecule has 24 nitrogen and oxygen atoms in total. The Morgan fingerprint density at radius 3 is 1.59 bits per heavy atom. The Balaban J connectivity index is 0.000000140. The smallest absolute Gasteiger partial charge is 0.259 e. The monoisotopic (exact) mass is 1050 g/mol. The SMILES string of the molecule is CS(=O)(=O)c1nc(N)n2nc(-c3ccco3)nc2n1.NCCc1ccc(OCCN2Cc3ccncc3C2)cc1.Nc1nc(NCCc2ccc(OCCN3Cc4ccncc4C3)cc2)nc2nc(-c3ccco3)nn12. The molecule has 2 aliphatic heterocycles. The molecule has 0 amide bonds. The third-order valence-corrected chi connectivity index (χ3v) is 13.0. The Hall–Kier alpha value is -8.91. The van der Waals surface area contributed by atoms with Gasteiger partial charge in [0.2, 0.25) is 39.3 Å². The fourth-order valence-corrected chi connectivity index (χ4v) is 8.84. The summed E-state index contributed by atoms with van der Waals surface area (Å²) in [5.74, 6) is 4.29. The van der Waals surface area contributed by atoms with E-state index >= 15 is 0 Å². The van der Waals surface area contributed by atoms with Crippen LogP contribution >= 0.6 is 0 Å². The molecule has 2 aliphatic rings. The van der Waals surface area contributed by atoms with E-state index in [2.05, 4.69) is 102 Å². The molecule has 10 aromatic rings. The number of nitrogens with one attached hydrogen (secondary N) is 1. The molecule has 2 aromatic carbocycles. The molecule has 0 spiro atoms. The van der Waals surface area contributed by atoms with Crippen molar-refractivity contribution in [2.24, 2.45) is 5.73 Å². The largest absolute Gasteiger partial charge is 0.492 e. The van der Waals surface area contributed by atoms with Crippen molar-refractivity contribution < 1.29 is 26.7 Å². The fraction of sp³-hybridized carbons (Fsp3) is 0.255. The van der Waals surface area contributed by atoms with Crippen LogP contribution in [0.4, 0.5) is 17.8 Å². The maximum Gasteiger partial charge on any atom is 0.259 e. The van der Waals surface area contributed by atoms with Gasteiger partial charge in [0, 0.05) is 76.9 Å². The number of nitrogens with two attached hydrogens (primary N) is 3. The fourth-order valence-electron chi connectivity index (χ4n) is 8.33. The Bertz CT molecular complexity index is 3580. The molecule has 76 heavy (non-hydrogen) atoms. The molecule has 0 saturated carbocycles. The molecule has 10 heterocycles. The summed E-state index contributed by atoms with van der Waals surface area (Å²) in [6, 6.07) is 27.4. The minimum atomic E-state index is -3.57. The van der Waals surface area contributed by atoms with Gasteiger partial charge >= 0.3 is 0 Å². The summed E-state index contributed by atoms with van der Waals surface area (Å²) in [5.41, 5.74) is 25.0. The van der Waals surface area contributed by atoms with E-state index in [1.807, 2.05) is 49.1 Å². The summed E-state index contributed by atoms with van der Waals surface area (Å²) in [4.78, 5) is 37.7.